The number of piperidine rings is 1. The highest BCUT2D eigenvalue weighted by molar-refractivity contribution is 7.17. The lowest BCUT2D eigenvalue weighted by molar-refractivity contribution is -0.120. The Morgan fingerprint density at radius 2 is 1.81 bits per heavy atom. The zero-order chi connectivity index (χ0) is 18.8. The summed E-state index contributed by atoms with van der Waals surface area (Å²) in [5.41, 5.74) is 3.12. The number of nitrogens with one attached hydrogen (secondary N) is 1. The average Bonchev–Trinajstić information content (AvgIpc) is 3.36. The molecule has 1 aliphatic heterocycles. The Morgan fingerprint density at radius 1 is 1.11 bits per heavy atom. The smallest absolute Gasteiger partial charge is 0.229 e. The highest BCUT2D eigenvalue weighted by atomic mass is 32.1. The molecule has 2 aromatic heterocycles. The number of aryl methyl sites for hydroxylation is 2. The zero-order valence-electron chi connectivity index (χ0n) is 15.6. The normalized spacial score (nSPS) is 17.1. The SMILES string of the molecule is Cc1cccc(C)c1NC(=O)[C@H]1CCCN(c2nnc(-n3cccc3)s2)C1. The quantitative estimate of drug-likeness (QED) is 0.747. The molecular weight excluding hydrogens is 358 g/mol. The minimum Gasteiger partial charge on any atom is -0.346 e. The summed E-state index contributed by atoms with van der Waals surface area (Å²) in [5, 5.41) is 13.5. The molecule has 0 spiro atoms. The van der Waals surface area contributed by atoms with E-state index in [-0.39, 0.29) is 11.8 Å². The molecule has 0 saturated carbocycles. The van der Waals surface area contributed by atoms with Crippen LogP contribution in [-0.2, 0) is 4.79 Å². The third kappa shape index (κ3) is 3.73. The summed E-state index contributed by atoms with van der Waals surface area (Å²) < 4.78 is 1.95. The number of para-hydroxylation sites is 1. The first kappa shape index (κ1) is 17.7. The fraction of sp³-hybridized carbons (Fsp3) is 0.350. The molecule has 3 heterocycles. The van der Waals surface area contributed by atoms with Gasteiger partial charge in [-0.2, -0.15) is 0 Å². The molecule has 140 valence electrons. The Bertz CT molecular complexity index is 914. The third-order valence-corrected chi connectivity index (χ3v) is 6.02. The fourth-order valence-electron chi connectivity index (χ4n) is 3.50. The van der Waals surface area contributed by atoms with Crippen LogP contribution >= 0.6 is 11.3 Å². The van der Waals surface area contributed by atoms with Crippen molar-refractivity contribution in [2.75, 3.05) is 23.3 Å². The maximum absolute atomic E-state index is 12.9. The number of aromatic nitrogens is 3. The molecule has 27 heavy (non-hydrogen) atoms. The first-order valence-electron chi connectivity index (χ1n) is 9.20. The van der Waals surface area contributed by atoms with Gasteiger partial charge in [0.2, 0.25) is 16.2 Å². The van der Waals surface area contributed by atoms with E-state index >= 15 is 0 Å². The van der Waals surface area contributed by atoms with Crippen molar-refractivity contribution in [1.82, 2.24) is 14.8 Å². The second-order valence-electron chi connectivity index (χ2n) is 7.00. The number of rotatable bonds is 4. The maximum atomic E-state index is 12.9. The molecule has 4 rings (SSSR count). The molecule has 1 amide bonds. The van der Waals surface area contributed by atoms with Gasteiger partial charge in [-0.15, -0.1) is 10.2 Å². The fourth-order valence-corrected chi connectivity index (χ4v) is 4.35. The average molecular weight is 382 g/mol. The van der Waals surface area contributed by atoms with E-state index in [4.69, 9.17) is 0 Å². The Balaban J connectivity index is 1.46. The number of benzene rings is 1. The summed E-state index contributed by atoms with van der Waals surface area (Å²) in [5.74, 6) is 0.0453. The van der Waals surface area contributed by atoms with Gasteiger partial charge in [-0.05, 0) is 49.9 Å². The van der Waals surface area contributed by atoms with Crippen molar-refractivity contribution in [1.29, 1.82) is 0 Å². The summed E-state index contributed by atoms with van der Waals surface area (Å²) in [6.45, 7) is 5.64. The van der Waals surface area contributed by atoms with Gasteiger partial charge in [0.25, 0.3) is 0 Å². The number of carbonyl (C=O) groups excluding carboxylic acids is 1. The topological polar surface area (TPSA) is 63.1 Å². The molecule has 0 aliphatic carbocycles. The van der Waals surface area contributed by atoms with E-state index in [1.807, 2.05) is 61.1 Å². The highest BCUT2D eigenvalue weighted by Crippen LogP contribution is 2.29. The molecule has 1 N–H and O–H groups in total. The summed E-state index contributed by atoms with van der Waals surface area (Å²) in [6.07, 6.45) is 5.79. The van der Waals surface area contributed by atoms with Gasteiger partial charge in [0.1, 0.15) is 0 Å². The van der Waals surface area contributed by atoms with Gasteiger partial charge in [-0.25, -0.2) is 0 Å². The van der Waals surface area contributed by atoms with Crippen LogP contribution in [0.4, 0.5) is 10.8 Å². The van der Waals surface area contributed by atoms with Crippen molar-refractivity contribution in [3.05, 3.63) is 53.9 Å². The van der Waals surface area contributed by atoms with E-state index in [1.165, 1.54) is 0 Å². The Kier molecular flexibility index (Phi) is 4.94. The van der Waals surface area contributed by atoms with Crippen LogP contribution in [0, 0.1) is 19.8 Å². The molecule has 0 radical (unpaired) electrons. The monoisotopic (exact) mass is 381 g/mol. The number of carbonyl (C=O) groups is 1. The van der Waals surface area contributed by atoms with Crippen molar-refractivity contribution in [2.45, 2.75) is 26.7 Å². The van der Waals surface area contributed by atoms with Crippen LogP contribution in [0.2, 0.25) is 0 Å². The van der Waals surface area contributed by atoms with E-state index in [0.717, 1.165) is 46.5 Å². The lowest BCUT2D eigenvalue weighted by Crippen LogP contribution is -2.40. The Hall–Kier alpha value is -2.67. The van der Waals surface area contributed by atoms with Crippen LogP contribution < -0.4 is 10.2 Å². The van der Waals surface area contributed by atoms with Crippen molar-refractivity contribution in [3.8, 4) is 5.13 Å². The Labute approximate surface area is 162 Å². The van der Waals surface area contributed by atoms with Crippen LogP contribution in [0.25, 0.3) is 5.13 Å². The molecule has 0 unspecified atom stereocenters. The van der Waals surface area contributed by atoms with Gasteiger partial charge < -0.3 is 10.2 Å². The van der Waals surface area contributed by atoms with Crippen molar-refractivity contribution in [2.24, 2.45) is 5.92 Å². The second-order valence-corrected chi connectivity index (χ2v) is 7.93. The predicted molar refractivity (Wildman–Crippen MR) is 109 cm³/mol. The molecule has 1 fully saturated rings. The first-order chi connectivity index (χ1) is 13.1. The van der Waals surface area contributed by atoms with E-state index in [0.29, 0.717) is 6.54 Å². The van der Waals surface area contributed by atoms with Gasteiger partial charge >= 0.3 is 0 Å². The van der Waals surface area contributed by atoms with Crippen molar-refractivity contribution in [3.63, 3.8) is 0 Å². The van der Waals surface area contributed by atoms with Gasteiger partial charge in [-0.1, -0.05) is 29.5 Å². The molecule has 6 nitrogen and oxygen atoms in total. The standard InChI is InChI=1S/C20H23N5OS/c1-14-7-5-8-15(2)17(14)21-18(26)16-9-6-12-25(13-16)20-23-22-19(27-20)24-10-3-4-11-24/h3-5,7-8,10-11,16H,6,9,12-13H2,1-2H3,(H,21,26)/t16-/m0/s1. The van der Waals surface area contributed by atoms with Crippen molar-refractivity contribution < 1.29 is 4.79 Å². The number of amides is 1. The van der Waals surface area contributed by atoms with Gasteiger partial charge in [-0.3, -0.25) is 9.36 Å². The van der Waals surface area contributed by atoms with Gasteiger partial charge in [0.15, 0.2) is 0 Å². The van der Waals surface area contributed by atoms with Gasteiger partial charge in [0.05, 0.1) is 5.92 Å². The molecule has 7 heteroatoms. The third-order valence-electron chi connectivity index (χ3n) is 5.02. The lowest BCUT2D eigenvalue weighted by Gasteiger charge is -2.31. The predicted octanol–water partition coefficient (Wildman–Crippen LogP) is 3.80. The minimum atomic E-state index is -0.0447. The summed E-state index contributed by atoms with van der Waals surface area (Å²) in [7, 11) is 0. The molecule has 1 aromatic carbocycles. The second kappa shape index (κ2) is 7.52. The van der Waals surface area contributed by atoms with Crippen LogP contribution in [0.15, 0.2) is 42.7 Å². The molecule has 0 bridgehead atoms. The largest absolute Gasteiger partial charge is 0.346 e. The maximum Gasteiger partial charge on any atom is 0.229 e. The van der Waals surface area contributed by atoms with Crippen LogP contribution in [0.3, 0.4) is 0 Å². The van der Waals surface area contributed by atoms with Crippen LogP contribution in [0.1, 0.15) is 24.0 Å². The summed E-state index contributed by atoms with van der Waals surface area (Å²) >= 11 is 1.55. The van der Waals surface area contributed by atoms with Crippen molar-refractivity contribution >= 4 is 28.1 Å². The lowest BCUT2D eigenvalue weighted by atomic mass is 9.97. The Morgan fingerprint density at radius 3 is 2.56 bits per heavy atom. The first-order valence-corrected chi connectivity index (χ1v) is 10.0. The molecule has 1 saturated heterocycles. The number of anilines is 2. The van der Waals surface area contributed by atoms with E-state index < -0.39 is 0 Å². The van der Waals surface area contributed by atoms with Gasteiger partial charge in [0, 0.05) is 31.2 Å². The van der Waals surface area contributed by atoms with Crippen LogP contribution in [-0.4, -0.2) is 33.8 Å². The highest BCUT2D eigenvalue weighted by Gasteiger charge is 2.28. The van der Waals surface area contributed by atoms with E-state index in [1.54, 1.807) is 11.3 Å². The van der Waals surface area contributed by atoms with E-state index in [9.17, 15) is 4.79 Å². The summed E-state index contributed by atoms with van der Waals surface area (Å²) in [6, 6.07) is 10.0. The number of nitrogens with zero attached hydrogens (tertiary/aromatic N) is 4. The van der Waals surface area contributed by atoms with Crippen LogP contribution in [0.5, 0.6) is 0 Å². The molecular formula is C20H23N5OS. The molecule has 1 atom stereocenters. The zero-order valence-corrected chi connectivity index (χ0v) is 16.4. The molecule has 3 aromatic rings. The minimum absolute atomic E-state index is 0.0447. The molecule has 1 aliphatic rings. The van der Waals surface area contributed by atoms with E-state index in [2.05, 4.69) is 20.4 Å². The number of hydrogen-bond acceptors (Lipinski definition) is 5. The summed E-state index contributed by atoms with van der Waals surface area (Å²) in [4.78, 5) is 15.0. The number of hydrogen-bond donors (Lipinski definition) is 1.